The van der Waals surface area contributed by atoms with Crippen molar-refractivity contribution in [1.29, 1.82) is 0 Å². The van der Waals surface area contributed by atoms with Gasteiger partial charge in [0.25, 0.3) is 0 Å². The zero-order valence-corrected chi connectivity index (χ0v) is 12.6. The predicted molar refractivity (Wildman–Crippen MR) is 83.1 cm³/mol. The van der Waals surface area contributed by atoms with Gasteiger partial charge in [0.2, 0.25) is 5.91 Å². The molecule has 0 saturated heterocycles. The first kappa shape index (κ1) is 14.6. The Hall–Kier alpha value is -1.81. The average Bonchev–Trinajstić information content (AvgIpc) is 2.34. The molecule has 0 atom stereocenters. The smallest absolute Gasteiger partial charge is 0.239 e. The molecular weight excluding hydrogens is 274 g/mol. The van der Waals surface area contributed by atoms with E-state index in [0.717, 1.165) is 10.8 Å². The summed E-state index contributed by atoms with van der Waals surface area (Å²) in [5.74, 6) is 0.515. The number of rotatable bonds is 3. The Morgan fingerprint density at radius 1 is 1.30 bits per heavy atom. The van der Waals surface area contributed by atoms with Crippen molar-refractivity contribution in [1.82, 2.24) is 10.3 Å². The fourth-order valence-corrected chi connectivity index (χ4v) is 2.14. The van der Waals surface area contributed by atoms with Crippen molar-refractivity contribution in [2.45, 2.75) is 26.3 Å². The van der Waals surface area contributed by atoms with E-state index < -0.39 is 0 Å². The van der Waals surface area contributed by atoms with Crippen LogP contribution in [0.3, 0.4) is 0 Å². The Morgan fingerprint density at radius 2 is 2.00 bits per heavy atom. The molecule has 0 radical (unpaired) electrons. The van der Waals surface area contributed by atoms with Crippen molar-refractivity contribution in [3.63, 3.8) is 0 Å². The summed E-state index contributed by atoms with van der Waals surface area (Å²) in [4.78, 5) is 16.0. The highest BCUT2D eigenvalue weighted by Gasteiger charge is 2.13. The minimum atomic E-state index is -0.243. The number of benzene rings is 1. The van der Waals surface area contributed by atoms with Crippen molar-refractivity contribution in [2.75, 3.05) is 11.9 Å². The van der Waals surface area contributed by atoms with Gasteiger partial charge in [-0.3, -0.25) is 4.79 Å². The van der Waals surface area contributed by atoms with E-state index in [0.29, 0.717) is 11.0 Å². The molecule has 2 rings (SSSR count). The molecule has 0 unspecified atom stereocenters. The predicted octanol–water partition coefficient (Wildman–Crippen LogP) is 3.21. The Labute approximate surface area is 123 Å². The van der Waals surface area contributed by atoms with Gasteiger partial charge in [-0.1, -0.05) is 35.9 Å². The molecule has 0 aliphatic carbocycles. The van der Waals surface area contributed by atoms with Crippen molar-refractivity contribution in [2.24, 2.45) is 0 Å². The van der Waals surface area contributed by atoms with Crippen LogP contribution in [-0.4, -0.2) is 23.0 Å². The van der Waals surface area contributed by atoms with Crippen LogP contribution >= 0.6 is 11.6 Å². The largest absolute Gasteiger partial charge is 0.361 e. The first-order chi connectivity index (χ1) is 9.35. The molecule has 5 heteroatoms. The van der Waals surface area contributed by atoms with Gasteiger partial charge in [-0.15, -0.1) is 0 Å². The quantitative estimate of drug-likeness (QED) is 0.854. The molecule has 0 aliphatic rings. The molecule has 0 saturated carbocycles. The summed E-state index contributed by atoms with van der Waals surface area (Å²) in [6, 6.07) is 9.62. The molecule has 0 aliphatic heterocycles. The molecule has 2 aromatic rings. The summed E-state index contributed by atoms with van der Waals surface area (Å²) < 4.78 is 0. The van der Waals surface area contributed by atoms with E-state index in [1.54, 1.807) is 0 Å². The number of anilines is 1. The lowest BCUT2D eigenvalue weighted by Crippen LogP contribution is -2.43. The van der Waals surface area contributed by atoms with Crippen molar-refractivity contribution < 1.29 is 4.79 Å². The number of hydrogen-bond donors (Lipinski definition) is 2. The van der Waals surface area contributed by atoms with E-state index in [4.69, 9.17) is 11.6 Å². The summed E-state index contributed by atoms with van der Waals surface area (Å²) in [5.41, 5.74) is -0.243. The van der Waals surface area contributed by atoms with Crippen LogP contribution in [0.15, 0.2) is 30.3 Å². The first-order valence-electron chi connectivity index (χ1n) is 6.45. The second-order valence-corrected chi connectivity index (χ2v) is 6.03. The second-order valence-electron chi connectivity index (χ2n) is 5.67. The van der Waals surface area contributed by atoms with Crippen LogP contribution in [0.25, 0.3) is 10.8 Å². The molecule has 1 amide bonds. The van der Waals surface area contributed by atoms with Gasteiger partial charge < -0.3 is 10.6 Å². The van der Waals surface area contributed by atoms with Gasteiger partial charge in [-0.2, -0.15) is 0 Å². The molecule has 1 aromatic carbocycles. The van der Waals surface area contributed by atoms with Crippen LogP contribution in [-0.2, 0) is 4.79 Å². The summed E-state index contributed by atoms with van der Waals surface area (Å²) >= 11 is 6.13. The van der Waals surface area contributed by atoms with E-state index in [1.807, 2.05) is 51.1 Å². The molecule has 20 heavy (non-hydrogen) atoms. The van der Waals surface area contributed by atoms with Gasteiger partial charge in [0.15, 0.2) is 0 Å². The van der Waals surface area contributed by atoms with E-state index in [1.165, 1.54) is 0 Å². The lowest BCUT2D eigenvalue weighted by atomic mass is 10.1. The fraction of sp³-hybridized carbons (Fsp3) is 0.333. The third kappa shape index (κ3) is 3.84. The lowest BCUT2D eigenvalue weighted by Gasteiger charge is -2.20. The Bertz CT molecular complexity index is 635. The van der Waals surface area contributed by atoms with Crippen LogP contribution < -0.4 is 10.6 Å². The normalized spacial score (nSPS) is 11.4. The topological polar surface area (TPSA) is 54.0 Å². The van der Waals surface area contributed by atoms with Gasteiger partial charge >= 0.3 is 0 Å². The van der Waals surface area contributed by atoms with Gasteiger partial charge in [0, 0.05) is 10.9 Å². The van der Waals surface area contributed by atoms with Crippen LogP contribution in [0.1, 0.15) is 20.8 Å². The number of halogens is 1. The number of fused-ring (bicyclic) bond motifs is 1. The van der Waals surface area contributed by atoms with Crippen LogP contribution in [0.5, 0.6) is 0 Å². The number of carbonyl (C=O) groups excluding carboxylic acids is 1. The van der Waals surface area contributed by atoms with E-state index >= 15 is 0 Å². The Morgan fingerprint density at radius 3 is 2.70 bits per heavy atom. The first-order valence-corrected chi connectivity index (χ1v) is 6.83. The van der Waals surface area contributed by atoms with Crippen molar-refractivity contribution in [3.05, 3.63) is 35.5 Å². The Balaban J connectivity index is 2.09. The monoisotopic (exact) mass is 291 g/mol. The van der Waals surface area contributed by atoms with E-state index in [-0.39, 0.29) is 18.0 Å². The molecule has 1 aromatic heterocycles. The van der Waals surface area contributed by atoms with Gasteiger partial charge in [0.05, 0.1) is 6.54 Å². The number of nitrogens with one attached hydrogen (secondary N) is 2. The van der Waals surface area contributed by atoms with Gasteiger partial charge in [-0.05, 0) is 32.2 Å². The van der Waals surface area contributed by atoms with Crippen LogP contribution in [0, 0.1) is 0 Å². The fourth-order valence-electron chi connectivity index (χ4n) is 1.88. The summed E-state index contributed by atoms with van der Waals surface area (Å²) in [5, 5.41) is 8.20. The molecular formula is C15H18ClN3O. The molecule has 4 nitrogen and oxygen atoms in total. The maximum absolute atomic E-state index is 11.7. The van der Waals surface area contributed by atoms with E-state index in [2.05, 4.69) is 15.6 Å². The third-order valence-corrected chi connectivity index (χ3v) is 2.93. The highest BCUT2D eigenvalue weighted by atomic mass is 35.5. The Kier molecular flexibility index (Phi) is 4.14. The van der Waals surface area contributed by atoms with E-state index in [9.17, 15) is 4.79 Å². The zero-order valence-electron chi connectivity index (χ0n) is 11.8. The number of aromatic nitrogens is 1. The standard InChI is InChI=1S/C15H18ClN3O/c1-15(2,3)19-13(20)9-17-12-8-10-6-4-5-7-11(10)14(16)18-12/h4-8H,9H2,1-3H3,(H,17,18)(H,19,20). The second kappa shape index (κ2) is 5.67. The summed E-state index contributed by atoms with van der Waals surface area (Å²) in [6.07, 6.45) is 0. The molecule has 0 spiro atoms. The minimum absolute atomic E-state index is 0.0800. The highest BCUT2D eigenvalue weighted by molar-refractivity contribution is 6.34. The molecule has 0 bridgehead atoms. The number of carbonyl (C=O) groups is 1. The summed E-state index contributed by atoms with van der Waals surface area (Å²) in [6.45, 7) is 5.99. The molecule has 106 valence electrons. The average molecular weight is 292 g/mol. The van der Waals surface area contributed by atoms with Crippen LogP contribution in [0.2, 0.25) is 5.15 Å². The molecule has 1 heterocycles. The lowest BCUT2D eigenvalue weighted by molar-refractivity contribution is -0.120. The molecule has 0 fully saturated rings. The number of pyridine rings is 1. The number of amides is 1. The zero-order chi connectivity index (χ0) is 14.8. The number of nitrogens with zero attached hydrogens (tertiary/aromatic N) is 1. The van der Waals surface area contributed by atoms with Crippen LogP contribution in [0.4, 0.5) is 5.82 Å². The molecule has 2 N–H and O–H groups in total. The van der Waals surface area contributed by atoms with Crippen molar-refractivity contribution in [3.8, 4) is 0 Å². The summed E-state index contributed by atoms with van der Waals surface area (Å²) in [7, 11) is 0. The maximum atomic E-state index is 11.7. The SMILES string of the molecule is CC(C)(C)NC(=O)CNc1cc2ccccc2c(Cl)n1. The van der Waals surface area contributed by atoms with Gasteiger partial charge in [-0.25, -0.2) is 4.98 Å². The third-order valence-electron chi connectivity index (χ3n) is 2.64. The number of hydrogen-bond acceptors (Lipinski definition) is 3. The van der Waals surface area contributed by atoms with Gasteiger partial charge in [0.1, 0.15) is 11.0 Å². The maximum Gasteiger partial charge on any atom is 0.239 e. The minimum Gasteiger partial charge on any atom is -0.361 e. The van der Waals surface area contributed by atoms with Crippen molar-refractivity contribution >= 4 is 34.1 Å². The highest BCUT2D eigenvalue weighted by Crippen LogP contribution is 2.24.